The fourth-order valence-electron chi connectivity index (χ4n) is 1.75. The van der Waals surface area contributed by atoms with E-state index in [1.165, 1.54) is 6.33 Å². The Hall–Kier alpha value is -1.27. The quantitative estimate of drug-likeness (QED) is 0.941. The molecule has 0 fully saturated rings. The summed E-state index contributed by atoms with van der Waals surface area (Å²) in [5, 5.41) is 14.3. The third-order valence-electron chi connectivity index (χ3n) is 2.62. The maximum atomic E-state index is 10.2. The van der Waals surface area contributed by atoms with Gasteiger partial charge < -0.3 is 5.11 Å². The van der Waals surface area contributed by atoms with Crippen LogP contribution in [0.1, 0.15) is 37.4 Å². The van der Waals surface area contributed by atoms with E-state index in [9.17, 15) is 5.11 Å². The number of hydrogen-bond acceptors (Lipinski definition) is 4. The second-order valence-electron chi connectivity index (χ2n) is 4.37. The van der Waals surface area contributed by atoms with Gasteiger partial charge in [0.15, 0.2) is 0 Å². The molecular formula is C12H15BrN4O. The van der Waals surface area contributed by atoms with Crippen LogP contribution < -0.4 is 0 Å². The second kappa shape index (κ2) is 5.58. The number of nitrogens with zero attached hydrogens (tertiary/aromatic N) is 4. The van der Waals surface area contributed by atoms with E-state index in [2.05, 4.69) is 31.0 Å². The number of pyridine rings is 1. The van der Waals surface area contributed by atoms with Crippen molar-refractivity contribution < 1.29 is 5.11 Å². The van der Waals surface area contributed by atoms with E-state index in [4.69, 9.17) is 0 Å². The standard InChI is InChI=1S/C12H15BrN4O/c1-8(2)17-12(15-7-16-17)4-11(18)9-3-10(13)6-14-5-9/h3,5-8,11,18H,4H2,1-2H3. The predicted molar refractivity (Wildman–Crippen MR) is 71.0 cm³/mol. The molecule has 0 saturated heterocycles. The van der Waals surface area contributed by atoms with Crippen molar-refractivity contribution in [1.82, 2.24) is 19.7 Å². The number of halogens is 1. The Morgan fingerprint density at radius 1 is 1.39 bits per heavy atom. The zero-order valence-corrected chi connectivity index (χ0v) is 11.9. The topological polar surface area (TPSA) is 63.8 Å². The summed E-state index contributed by atoms with van der Waals surface area (Å²) in [6, 6.07) is 2.09. The minimum Gasteiger partial charge on any atom is -0.388 e. The molecular weight excluding hydrogens is 296 g/mol. The number of hydrogen-bond donors (Lipinski definition) is 1. The molecule has 2 aromatic heterocycles. The highest BCUT2D eigenvalue weighted by Gasteiger charge is 2.15. The van der Waals surface area contributed by atoms with Gasteiger partial charge in [0.05, 0.1) is 6.10 Å². The second-order valence-corrected chi connectivity index (χ2v) is 5.29. The lowest BCUT2D eigenvalue weighted by Crippen LogP contribution is -2.12. The first-order chi connectivity index (χ1) is 8.58. The first kappa shape index (κ1) is 13.2. The van der Waals surface area contributed by atoms with E-state index in [0.29, 0.717) is 6.42 Å². The fourth-order valence-corrected chi connectivity index (χ4v) is 2.14. The van der Waals surface area contributed by atoms with Crippen molar-refractivity contribution in [3.63, 3.8) is 0 Å². The van der Waals surface area contributed by atoms with Crippen LogP contribution in [-0.4, -0.2) is 24.9 Å². The van der Waals surface area contributed by atoms with Gasteiger partial charge in [-0.2, -0.15) is 5.10 Å². The predicted octanol–water partition coefficient (Wildman–Crippen LogP) is 2.29. The lowest BCUT2D eigenvalue weighted by atomic mass is 10.1. The average Bonchev–Trinajstić information content (AvgIpc) is 2.77. The molecule has 1 unspecified atom stereocenters. The van der Waals surface area contributed by atoms with Gasteiger partial charge in [-0.05, 0) is 35.8 Å². The van der Waals surface area contributed by atoms with Crippen molar-refractivity contribution in [1.29, 1.82) is 0 Å². The van der Waals surface area contributed by atoms with Crippen molar-refractivity contribution in [2.24, 2.45) is 0 Å². The Bertz CT molecular complexity index is 526. The number of aromatic nitrogens is 4. The Balaban J connectivity index is 2.16. The highest BCUT2D eigenvalue weighted by Crippen LogP contribution is 2.20. The van der Waals surface area contributed by atoms with E-state index in [1.54, 1.807) is 12.4 Å². The van der Waals surface area contributed by atoms with Crippen molar-refractivity contribution in [3.05, 3.63) is 40.6 Å². The molecule has 6 heteroatoms. The SMILES string of the molecule is CC(C)n1ncnc1CC(O)c1cncc(Br)c1. The van der Waals surface area contributed by atoms with Crippen LogP contribution in [0.15, 0.2) is 29.3 Å². The summed E-state index contributed by atoms with van der Waals surface area (Å²) in [6.07, 6.45) is 4.66. The van der Waals surface area contributed by atoms with Crippen molar-refractivity contribution in [3.8, 4) is 0 Å². The summed E-state index contributed by atoms with van der Waals surface area (Å²) in [5.41, 5.74) is 0.766. The average molecular weight is 311 g/mol. The summed E-state index contributed by atoms with van der Waals surface area (Å²) >= 11 is 3.34. The van der Waals surface area contributed by atoms with Crippen LogP contribution in [0.25, 0.3) is 0 Å². The Morgan fingerprint density at radius 2 is 2.17 bits per heavy atom. The summed E-state index contributed by atoms with van der Waals surface area (Å²) in [5.74, 6) is 0.775. The van der Waals surface area contributed by atoms with Crippen molar-refractivity contribution >= 4 is 15.9 Å². The van der Waals surface area contributed by atoms with Gasteiger partial charge in [0.2, 0.25) is 0 Å². The van der Waals surface area contributed by atoms with Gasteiger partial charge in [0.25, 0.3) is 0 Å². The smallest absolute Gasteiger partial charge is 0.138 e. The normalized spacial score (nSPS) is 12.9. The van der Waals surface area contributed by atoms with Crippen LogP contribution in [0, 0.1) is 0 Å². The number of aliphatic hydroxyl groups excluding tert-OH is 1. The highest BCUT2D eigenvalue weighted by molar-refractivity contribution is 9.10. The van der Waals surface area contributed by atoms with Crippen LogP contribution in [0.2, 0.25) is 0 Å². The molecule has 0 aliphatic carbocycles. The summed E-state index contributed by atoms with van der Waals surface area (Å²) in [7, 11) is 0. The summed E-state index contributed by atoms with van der Waals surface area (Å²) < 4.78 is 2.67. The number of rotatable bonds is 4. The van der Waals surface area contributed by atoms with Crippen LogP contribution in [0.3, 0.4) is 0 Å². The molecule has 2 heterocycles. The van der Waals surface area contributed by atoms with E-state index in [1.807, 2.05) is 24.6 Å². The van der Waals surface area contributed by atoms with Gasteiger partial charge in [-0.3, -0.25) is 4.98 Å². The molecule has 0 radical (unpaired) electrons. The zero-order valence-electron chi connectivity index (χ0n) is 10.3. The molecule has 18 heavy (non-hydrogen) atoms. The molecule has 96 valence electrons. The third kappa shape index (κ3) is 2.94. The fraction of sp³-hybridized carbons (Fsp3) is 0.417. The minimum atomic E-state index is -0.628. The van der Waals surface area contributed by atoms with Crippen molar-refractivity contribution in [2.45, 2.75) is 32.4 Å². The van der Waals surface area contributed by atoms with Crippen molar-refractivity contribution in [2.75, 3.05) is 0 Å². The first-order valence-electron chi connectivity index (χ1n) is 5.75. The largest absolute Gasteiger partial charge is 0.388 e. The molecule has 0 bridgehead atoms. The van der Waals surface area contributed by atoms with E-state index >= 15 is 0 Å². The summed E-state index contributed by atoms with van der Waals surface area (Å²) in [4.78, 5) is 8.23. The lowest BCUT2D eigenvalue weighted by molar-refractivity contribution is 0.173. The van der Waals surface area contributed by atoms with Gasteiger partial charge in [0.1, 0.15) is 12.2 Å². The zero-order chi connectivity index (χ0) is 13.1. The Labute approximate surface area is 114 Å². The van der Waals surface area contributed by atoms with Crippen LogP contribution in [0.5, 0.6) is 0 Å². The first-order valence-corrected chi connectivity index (χ1v) is 6.54. The Morgan fingerprint density at radius 3 is 2.83 bits per heavy atom. The monoisotopic (exact) mass is 310 g/mol. The molecule has 0 aromatic carbocycles. The molecule has 0 spiro atoms. The van der Waals surface area contributed by atoms with Crippen LogP contribution in [-0.2, 0) is 6.42 Å². The van der Waals surface area contributed by atoms with Gasteiger partial charge in [-0.25, -0.2) is 9.67 Å². The Kier molecular flexibility index (Phi) is 4.08. The van der Waals surface area contributed by atoms with E-state index in [0.717, 1.165) is 15.9 Å². The molecule has 0 aliphatic rings. The summed E-state index contributed by atoms with van der Waals surface area (Å²) in [6.45, 7) is 4.07. The van der Waals surface area contributed by atoms with Crippen LogP contribution in [0.4, 0.5) is 0 Å². The maximum absolute atomic E-state index is 10.2. The van der Waals surface area contributed by atoms with Gasteiger partial charge in [-0.1, -0.05) is 0 Å². The lowest BCUT2D eigenvalue weighted by Gasteiger charge is -2.13. The molecule has 1 N–H and O–H groups in total. The van der Waals surface area contributed by atoms with Crippen LogP contribution >= 0.6 is 15.9 Å². The molecule has 0 amide bonds. The van der Waals surface area contributed by atoms with Gasteiger partial charge >= 0.3 is 0 Å². The van der Waals surface area contributed by atoms with E-state index < -0.39 is 6.10 Å². The maximum Gasteiger partial charge on any atom is 0.138 e. The molecule has 2 rings (SSSR count). The molecule has 5 nitrogen and oxygen atoms in total. The van der Waals surface area contributed by atoms with Gasteiger partial charge in [-0.15, -0.1) is 0 Å². The third-order valence-corrected chi connectivity index (χ3v) is 3.06. The molecule has 2 aromatic rings. The number of aliphatic hydroxyl groups is 1. The molecule has 0 saturated carbocycles. The minimum absolute atomic E-state index is 0.232. The van der Waals surface area contributed by atoms with Gasteiger partial charge in [0, 0.05) is 34.9 Å². The van der Waals surface area contributed by atoms with E-state index in [-0.39, 0.29) is 6.04 Å². The molecule has 1 atom stereocenters. The molecule has 0 aliphatic heterocycles. The highest BCUT2D eigenvalue weighted by atomic mass is 79.9.